The molecule has 0 unspecified atom stereocenters. The molecule has 1 aromatic heterocycles. The van der Waals surface area contributed by atoms with Crippen LogP contribution in [-0.2, 0) is 11.2 Å². The SMILES string of the molecule is CNCCc1nccc(C2CCOCC2)n1. The van der Waals surface area contributed by atoms with E-state index in [1.807, 2.05) is 19.3 Å². The summed E-state index contributed by atoms with van der Waals surface area (Å²) in [5.41, 5.74) is 1.18. The third-order valence-corrected chi connectivity index (χ3v) is 2.97. The van der Waals surface area contributed by atoms with E-state index >= 15 is 0 Å². The van der Waals surface area contributed by atoms with E-state index in [1.54, 1.807) is 0 Å². The molecule has 0 bridgehead atoms. The summed E-state index contributed by atoms with van der Waals surface area (Å²) in [6.07, 6.45) is 4.95. The Morgan fingerprint density at radius 2 is 2.25 bits per heavy atom. The topological polar surface area (TPSA) is 47.0 Å². The Morgan fingerprint density at radius 1 is 1.44 bits per heavy atom. The van der Waals surface area contributed by atoms with Crippen molar-refractivity contribution in [3.8, 4) is 0 Å². The molecule has 2 heterocycles. The van der Waals surface area contributed by atoms with Gasteiger partial charge in [-0.2, -0.15) is 0 Å². The Kier molecular flexibility index (Phi) is 4.25. The van der Waals surface area contributed by atoms with Crippen LogP contribution in [0.4, 0.5) is 0 Å². The fourth-order valence-electron chi connectivity index (χ4n) is 1.99. The average Bonchev–Trinajstić information content (AvgIpc) is 2.38. The van der Waals surface area contributed by atoms with Gasteiger partial charge in [0.05, 0.1) is 0 Å². The highest BCUT2D eigenvalue weighted by Crippen LogP contribution is 2.24. The van der Waals surface area contributed by atoms with Crippen LogP contribution in [0.15, 0.2) is 12.3 Å². The fraction of sp³-hybridized carbons (Fsp3) is 0.667. The monoisotopic (exact) mass is 221 g/mol. The van der Waals surface area contributed by atoms with E-state index < -0.39 is 0 Å². The zero-order valence-corrected chi connectivity index (χ0v) is 9.78. The van der Waals surface area contributed by atoms with E-state index in [0.717, 1.165) is 44.8 Å². The molecule has 2 rings (SSSR count). The van der Waals surface area contributed by atoms with Crippen LogP contribution in [0.2, 0.25) is 0 Å². The summed E-state index contributed by atoms with van der Waals surface area (Å²) in [7, 11) is 1.95. The van der Waals surface area contributed by atoms with Crippen molar-refractivity contribution in [1.29, 1.82) is 0 Å². The summed E-state index contributed by atoms with van der Waals surface area (Å²) in [5.74, 6) is 1.50. The predicted molar refractivity (Wildman–Crippen MR) is 62.5 cm³/mol. The van der Waals surface area contributed by atoms with Crippen LogP contribution in [0.25, 0.3) is 0 Å². The number of ether oxygens (including phenoxy) is 1. The van der Waals surface area contributed by atoms with Gasteiger partial charge in [0.15, 0.2) is 0 Å². The molecule has 0 aromatic carbocycles. The lowest BCUT2D eigenvalue weighted by Crippen LogP contribution is -2.17. The lowest BCUT2D eigenvalue weighted by molar-refractivity contribution is 0.0844. The number of nitrogens with zero attached hydrogens (tertiary/aromatic N) is 2. The van der Waals surface area contributed by atoms with Crippen molar-refractivity contribution in [3.05, 3.63) is 23.8 Å². The summed E-state index contributed by atoms with van der Waals surface area (Å²) in [4.78, 5) is 8.92. The highest BCUT2D eigenvalue weighted by Gasteiger charge is 2.17. The van der Waals surface area contributed by atoms with E-state index in [9.17, 15) is 0 Å². The van der Waals surface area contributed by atoms with Gasteiger partial charge in [-0.15, -0.1) is 0 Å². The van der Waals surface area contributed by atoms with Crippen LogP contribution in [0.5, 0.6) is 0 Å². The van der Waals surface area contributed by atoms with Crippen LogP contribution >= 0.6 is 0 Å². The normalized spacial score (nSPS) is 17.6. The Labute approximate surface area is 96.4 Å². The van der Waals surface area contributed by atoms with Gasteiger partial charge in [-0.1, -0.05) is 0 Å². The molecule has 0 atom stereocenters. The van der Waals surface area contributed by atoms with Gasteiger partial charge in [-0.3, -0.25) is 0 Å². The lowest BCUT2D eigenvalue weighted by Gasteiger charge is -2.21. The molecule has 0 aliphatic carbocycles. The van der Waals surface area contributed by atoms with E-state index in [0.29, 0.717) is 5.92 Å². The molecule has 1 N–H and O–H groups in total. The zero-order valence-electron chi connectivity index (χ0n) is 9.78. The van der Waals surface area contributed by atoms with Crippen LogP contribution < -0.4 is 5.32 Å². The Bertz CT molecular complexity index is 324. The molecule has 16 heavy (non-hydrogen) atoms. The Morgan fingerprint density at radius 3 is 3.00 bits per heavy atom. The largest absolute Gasteiger partial charge is 0.381 e. The number of nitrogens with one attached hydrogen (secondary N) is 1. The molecular weight excluding hydrogens is 202 g/mol. The van der Waals surface area contributed by atoms with Gasteiger partial charge in [-0.25, -0.2) is 9.97 Å². The van der Waals surface area contributed by atoms with Gasteiger partial charge in [-0.05, 0) is 26.0 Å². The maximum atomic E-state index is 5.36. The first-order chi connectivity index (χ1) is 7.90. The first-order valence-corrected chi connectivity index (χ1v) is 5.94. The van der Waals surface area contributed by atoms with Gasteiger partial charge in [0, 0.05) is 44.0 Å². The van der Waals surface area contributed by atoms with Crippen LogP contribution in [0, 0.1) is 0 Å². The molecule has 0 radical (unpaired) electrons. The number of hydrogen-bond donors (Lipinski definition) is 1. The van der Waals surface area contributed by atoms with Gasteiger partial charge in [0.25, 0.3) is 0 Å². The highest BCUT2D eigenvalue weighted by atomic mass is 16.5. The summed E-state index contributed by atoms with van der Waals surface area (Å²) in [5, 5.41) is 3.12. The summed E-state index contributed by atoms with van der Waals surface area (Å²) in [6, 6.07) is 2.04. The first-order valence-electron chi connectivity index (χ1n) is 5.94. The first kappa shape index (κ1) is 11.5. The van der Waals surface area contributed by atoms with Crippen LogP contribution in [0.3, 0.4) is 0 Å². The Hall–Kier alpha value is -1.00. The van der Waals surface area contributed by atoms with Crippen molar-refractivity contribution in [2.75, 3.05) is 26.8 Å². The maximum Gasteiger partial charge on any atom is 0.129 e. The van der Waals surface area contributed by atoms with Gasteiger partial charge >= 0.3 is 0 Å². The van der Waals surface area contributed by atoms with Crippen molar-refractivity contribution in [2.24, 2.45) is 0 Å². The highest BCUT2D eigenvalue weighted by molar-refractivity contribution is 5.09. The third kappa shape index (κ3) is 3.00. The molecule has 1 aromatic rings. The molecule has 0 amide bonds. The standard InChI is InChI=1S/C12H19N3O/c1-13-6-3-12-14-7-2-11(15-12)10-4-8-16-9-5-10/h2,7,10,13H,3-6,8-9H2,1H3. The molecule has 1 aliphatic rings. The molecule has 1 saturated heterocycles. The van der Waals surface area contributed by atoms with Crippen LogP contribution in [-0.4, -0.2) is 36.8 Å². The Balaban J connectivity index is 2.02. The number of likely N-dealkylation sites (N-methyl/N-ethyl adjacent to an activating group) is 1. The maximum absolute atomic E-state index is 5.36. The quantitative estimate of drug-likeness (QED) is 0.828. The van der Waals surface area contributed by atoms with E-state index in [1.165, 1.54) is 5.69 Å². The van der Waals surface area contributed by atoms with Gasteiger partial charge < -0.3 is 10.1 Å². The van der Waals surface area contributed by atoms with Crippen LogP contribution in [0.1, 0.15) is 30.3 Å². The molecule has 0 spiro atoms. The van der Waals surface area contributed by atoms with Gasteiger partial charge in [0.2, 0.25) is 0 Å². The second kappa shape index (κ2) is 5.92. The second-order valence-electron chi connectivity index (χ2n) is 4.14. The van der Waals surface area contributed by atoms with Crippen molar-refractivity contribution in [1.82, 2.24) is 15.3 Å². The van der Waals surface area contributed by atoms with Crippen molar-refractivity contribution < 1.29 is 4.74 Å². The minimum absolute atomic E-state index is 0.560. The predicted octanol–water partition coefficient (Wildman–Crippen LogP) is 1.13. The van der Waals surface area contributed by atoms with Crippen molar-refractivity contribution in [2.45, 2.75) is 25.2 Å². The molecule has 1 fully saturated rings. The summed E-state index contributed by atoms with van der Waals surface area (Å²) in [6.45, 7) is 2.65. The van der Waals surface area contributed by atoms with Gasteiger partial charge in [0.1, 0.15) is 5.82 Å². The zero-order chi connectivity index (χ0) is 11.2. The molecule has 4 nitrogen and oxygen atoms in total. The number of aromatic nitrogens is 2. The van der Waals surface area contributed by atoms with E-state index in [2.05, 4.69) is 15.3 Å². The second-order valence-corrected chi connectivity index (χ2v) is 4.14. The fourth-order valence-corrected chi connectivity index (χ4v) is 1.99. The van der Waals surface area contributed by atoms with E-state index in [4.69, 9.17) is 4.74 Å². The molecule has 1 aliphatic heterocycles. The third-order valence-electron chi connectivity index (χ3n) is 2.97. The minimum Gasteiger partial charge on any atom is -0.381 e. The average molecular weight is 221 g/mol. The minimum atomic E-state index is 0.560. The number of hydrogen-bond acceptors (Lipinski definition) is 4. The summed E-state index contributed by atoms with van der Waals surface area (Å²) >= 11 is 0. The van der Waals surface area contributed by atoms with E-state index in [-0.39, 0.29) is 0 Å². The van der Waals surface area contributed by atoms with Crippen molar-refractivity contribution >= 4 is 0 Å². The molecular formula is C12H19N3O. The lowest BCUT2D eigenvalue weighted by atomic mass is 9.96. The number of rotatable bonds is 4. The van der Waals surface area contributed by atoms with Crippen molar-refractivity contribution in [3.63, 3.8) is 0 Å². The smallest absolute Gasteiger partial charge is 0.129 e. The molecule has 0 saturated carbocycles. The molecule has 4 heteroatoms. The molecule has 88 valence electrons. The summed E-state index contributed by atoms with van der Waals surface area (Å²) < 4.78 is 5.36.